The maximum atomic E-state index is 12.1. The number of nitrogens with one attached hydrogen (secondary N) is 2. The first-order chi connectivity index (χ1) is 13.6. The summed E-state index contributed by atoms with van der Waals surface area (Å²) in [5.41, 5.74) is 2.20. The van der Waals surface area contributed by atoms with Crippen molar-refractivity contribution in [2.45, 2.75) is 26.7 Å². The highest BCUT2D eigenvalue weighted by Gasteiger charge is 2.15. The summed E-state index contributed by atoms with van der Waals surface area (Å²) in [6, 6.07) is 12.0. The fourth-order valence-electron chi connectivity index (χ4n) is 3.32. The van der Waals surface area contributed by atoms with E-state index in [9.17, 15) is 4.79 Å². The number of likely N-dealkylation sites (N-methyl/N-ethyl adjacent to an activating group) is 1. The Kier molecular flexibility index (Phi) is 6.81. The third-order valence-corrected chi connectivity index (χ3v) is 5.28. The van der Waals surface area contributed by atoms with E-state index in [4.69, 9.17) is 0 Å². The average molecular weight is 383 g/mol. The van der Waals surface area contributed by atoms with E-state index in [2.05, 4.69) is 61.9 Å². The average Bonchev–Trinajstić information content (AvgIpc) is 2.72. The number of rotatable bonds is 7. The molecule has 0 atom stereocenters. The van der Waals surface area contributed by atoms with Crippen LogP contribution in [0.4, 0.5) is 23.0 Å². The second-order valence-electron chi connectivity index (χ2n) is 7.27. The molecule has 150 valence electrons. The molecular formula is C21H30N6O. The standard InChI is InChI=1S/C21H30N6O/c1-4-16(5-2)21(28)23-20-11-10-19(24-25-20)22-17-6-8-18(9-7-17)27-14-12-26(3)13-15-27/h6-11,16H,4-5,12-15H2,1-3H3,(H,22,24)(H,23,25,28). The van der Waals surface area contributed by atoms with E-state index in [1.54, 1.807) is 6.07 Å². The number of carbonyl (C=O) groups excluding carboxylic acids is 1. The molecule has 1 aliphatic rings. The minimum absolute atomic E-state index is 0.000459. The number of amides is 1. The molecular weight excluding hydrogens is 352 g/mol. The van der Waals surface area contributed by atoms with E-state index in [0.717, 1.165) is 44.7 Å². The molecule has 0 unspecified atom stereocenters. The first kappa shape index (κ1) is 20.1. The van der Waals surface area contributed by atoms with Crippen LogP contribution in [-0.4, -0.2) is 54.2 Å². The Morgan fingerprint density at radius 1 is 0.964 bits per heavy atom. The second-order valence-corrected chi connectivity index (χ2v) is 7.27. The Bertz CT molecular complexity index is 749. The molecule has 1 aromatic carbocycles. The lowest BCUT2D eigenvalue weighted by molar-refractivity contribution is -0.120. The first-order valence-electron chi connectivity index (χ1n) is 10.0. The predicted molar refractivity (Wildman–Crippen MR) is 114 cm³/mol. The highest BCUT2D eigenvalue weighted by Crippen LogP contribution is 2.21. The van der Waals surface area contributed by atoms with Gasteiger partial charge in [0.25, 0.3) is 0 Å². The normalized spacial score (nSPS) is 14.9. The van der Waals surface area contributed by atoms with Crippen molar-refractivity contribution in [3.63, 3.8) is 0 Å². The Morgan fingerprint density at radius 3 is 2.14 bits per heavy atom. The maximum absolute atomic E-state index is 12.1. The zero-order chi connectivity index (χ0) is 19.9. The predicted octanol–water partition coefficient (Wildman–Crippen LogP) is 3.35. The molecule has 0 radical (unpaired) electrons. The smallest absolute Gasteiger partial charge is 0.228 e. The molecule has 2 aromatic rings. The Labute approximate surface area is 167 Å². The number of carbonyl (C=O) groups is 1. The summed E-state index contributed by atoms with van der Waals surface area (Å²) in [4.78, 5) is 16.9. The highest BCUT2D eigenvalue weighted by molar-refractivity contribution is 5.91. The number of hydrogen-bond donors (Lipinski definition) is 2. The van der Waals surface area contributed by atoms with Gasteiger partial charge in [0.15, 0.2) is 11.6 Å². The molecule has 0 spiro atoms. The van der Waals surface area contributed by atoms with Crippen molar-refractivity contribution in [3.8, 4) is 0 Å². The lowest BCUT2D eigenvalue weighted by Crippen LogP contribution is -2.44. The minimum atomic E-state index is -0.000459. The van der Waals surface area contributed by atoms with Crippen molar-refractivity contribution in [3.05, 3.63) is 36.4 Å². The number of hydrogen-bond acceptors (Lipinski definition) is 6. The van der Waals surface area contributed by atoms with Crippen LogP contribution in [0.2, 0.25) is 0 Å². The molecule has 1 fully saturated rings. The number of nitrogens with zero attached hydrogens (tertiary/aromatic N) is 4. The molecule has 28 heavy (non-hydrogen) atoms. The summed E-state index contributed by atoms with van der Waals surface area (Å²) in [5, 5.41) is 14.4. The number of anilines is 4. The quantitative estimate of drug-likeness (QED) is 0.765. The largest absolute Gasteiger partial charge is 0.369 e. The van der Waals surface area contributed by atoms with Crippen LogP contribution in [-0.2, 0) is 4.79 Å². The van der Waals surface area contributed by atoms with Gasteiger partial charge < -0.3 is 20.4 Å². The van der Waals surface area contributed by atoms with E-state index < -0.39 is 0 Å². The molecule has 2 N–H and O–H groups in total. The summed E-state index contributed by atoms with van der Waals surface area (Å²) >= 11 is 0. The van der Waals surface area contributed by atoms with E-state index in [1.165, 1.54) is 5.69 Å². The fourth-order valence-corrected chi connectivity index (χ4v) is 3.32. The van der Waals surface area contributed by atoms with Crippen LogP contribution < -0.4 is 15.5 Å². The monoisotopic (exact) mass is 382 g/mol. The third kappa shape index (κ3) is 5.19. The Balaban J connectivity index is 1.56. The maximum Gasteiger partial charge on any atom is 0.228 e. The van der Waals surface area contributed by atoms with E-state index >= 15 is 0 Å². The van der Waals surface area contributed by atoms with Gasteiger partial charge in [-0.2, -0.15) is 0 Å². The molecule has 7 heteroatoms. The van der Waals surface area contributed by atoms with Gasteiger partial charge in [-0.3, -0.25) is 4.79 Å². The first-order valence-corrected chi connectivity index (χ1v) is 10.0. The molecule has 1 aromatic heterocycles. The van der Waals surface area contributed by atoms with Crippen LogP contribution in [0.1, 0.15) is 26.7 Å². The van der Waals surface area contributed by atoms with Crippen LogP contribution in [0.25, 0.3) is 0 Å². The van der Waals surface area contributed by atoms with Crippen molar-refractivity contribution in [2.24, 2.45) is 5.92 Å². The lowest BCUT2D eigenvalue weighted by Gasteiger charge is -2.34. The van der Waals surface area contributed by atoms with Crippen LogP contribution in [0.3, 0.4) is 0 Å². The molecule has 1 aliphatic heterocycles. The summed E-state index contributed by atoms with van der Waals surface area (Å²) in [7, 11) is 2.16. The molecule has 3 rings (SSSR count). The van der Waals surface area contributed by atoms with Gasteiger partial charge in [-0.15, -0.1) is 10.2 Å². The molecule has 0 saturated carbocycles. The minimum Gasteiger partial charge on any atom is -0.369 e. The second kappa shape index (κ2) is 9.50. The van der Waals surface area contributed by atoms with Gasteiger partial charge in [0, 0.05) is 43.5 Å². The third-order valence-electron chi connectivity index (χ3n) is 5.28. The van der Waals surface area contributed by atoms with Gasteiger partial charge in [0.05, 0.1) is 0 Å². The van der Waals surface area contributed by atoms with Gasteiger partial charge in [-0.25, -0.2) is 0 Å². The summed E-state index contributed by atoms with van der Waals surface area (Å²) in [6.45, 7) is 8.33. The van der Waals surface area contributed by atoms with Crippen LogP contribution >= 0.6 is 0 Å². The fraction of sp³-hybridized carbons (Fsp3) is 0.476. The molecule has 0 aliphatic carbocycles. The van der Waals surface area contributed by atoms with Gasteiger partial charge in [-0.05, 0) is 56.3 Å². The zero-order valence-electron chi connectivity index (χ0n) is 17.0. The van der Waals surface area contributed by atoms with Crippen LogP contribution in [0, 0.1) is 5.92 Å². The van der Waals surface area contributed by atoms with E-state index in [-0.39, 0.29) is 11.8 Å². The van der Waals surface area contributed by atoms with Crippen LogP contribution in [0.5, 0.6) is 0 Å². The lowest BCUT2D eigenvalue weighted by atomic mass is 10.0. The molecule has 2 heterocycles. The number of benzene rings is 1. The molecule has 7 nitrogen and oxygen atoms in total. The van der Waals surface area contributed by atoms with Gasteiger partial charge >= 0.3 is 0 Å². The van der Waals surface area contributed by atoms with E-state index in [0.29, 0.717) is 11.6 Å². The SMILES string of the molecule is CCC(CC)C(=O)Nc1ccc(Nc2ccc(N3CCN(C)CC3)cc2)nn1. The highest BCUT2D eigenvalue weighted by atomic mass is 16.1. The molecule has 1 saturated heterocycles. The summed E-state index contributed by atoms with van der Waals surface area (Å²) in [5.74, 6) is 1.14. The number of piperazine rings is 1. The van der Waals surface area contributed by atoms with Crippen molar-refractivity contribution in [2.75, 3.05) is 48.8 Å². The summed E-state index contributed by atoms with van der Waals surface area (Å²) in [6.07, 6.45) is 1.64. The van der Waals surface area contributed by atoms with Crippen LogP contribution in [0.15, 0.2) is 36.4 Å². The van der Waals surface area contributed by atoms with Crippen molar-refractivity contribution in [1.29, 1.82) is 0 Å². The zero-order valence-corrected chi connectivity index (χ0v) is 17.0. The molecule has 0 bridgehead atoms. The Hall–Kier alpha value is -2.67. The number of aromatic nitrogens is 2. The van der Waals surface area contributed by atoms with Gasteiger partial charge in [0.1, 0.15) is 0 Å². The van der Waals surface area contributed by atoms with Gasteiger partial charge in [-0.1, -0.05) is 13.8 Å². The van der Waals surface area contributed by atoms with E-state index in [1.807, 2.05) is 19.9 Å². The van der Waals surface area contributed by atoms with Crippen molar-refractivity contribution >= 4 is 28.9 Å². The van der Waals surface area contributed by atoms with Crippen molar-refractivity contribution < 1.29 is 4.79 Å². The van der Waals surface area contributed by atoms with Crippen molar-refractivity contribution in [1.82, 2.24) is 15.1 Å². The topological polar surface area (TPSA) is 73.4 Å². The molecule has 1 amide bonds. The Morgan fingerprint density at radius 2 is 1.57 bits per heavy atom. The summed E-state index contributed by atoms with van der Waals surface area (Å²) < 4.78 is 0. The van der Waals surface area contributed by atoms with Gasteiger partial charge in [0.2, 0.25) is 5.91 Å².